The number of halogens is 2. The third-order valence-corrected chi connectivity index (χ3v) is 4.57. The molecule has 1 saturated heterocycles. The number of nitrogens with one attached hydrogen (secondary N) is 2. The lowest BCUT2D eigenvalue weighted by molar-refractivity contribution is 0.427. The second kappa shape index (κ2) is 5.52. The third-order valence-electron chi connectivity index (χ3n) is 2.80. The Kier molecular flexibility index (Phi) is 4.21. The van der Waals surface area contributed by atoms with E-state index in [2.05, 4.69) is 10.0 Å². The van der Waals surface area contributed by atoms with Gasteiger partial charge in [-0.25, -0.2) is 17.5 Å². The lowest BCUT2D eigenvalue weighted by Crippen LogP contribution is -2.45. The standard InChI is InChI=1S/C11H14ClFN2O2S/c12-8-3-4-10(13)11(6-8)18(16,17)15-9-2-1-5-14-7-9/h3-4,6,9,14-15H,1-2,5,7H2. The molecular formula is C11H14ClFN2O2S. The fraction of sp³-hybridized carbons (Fsp3) is 0.455. The van der Waals surface area contributed by atoms with Crippen molar-refractivity contribution in [2.75, 3.05) is 13.1 Å². The molecule has 0 bridgehead atoms. The summed E-state index contributed by atoms with van der Waals surface area (Å²) in [5.41, 5.74) is 0. The van der Waals surface area contributed by atoms with Crippen molar-refractivity contribution in [3.8, 4) is 0 Å². The summed E-state index contributed by atoms with van der Waals surface area (Å²) in [4.78, 5) is -0.402. The molecule has 1 aliphatic heterocycles. The van der Waals surface area contributed by atoms with Crippen molar-refractivity contribution in [2.24, 2.45) is 0 Å². The Hall–Kier alpha value is -0.690. The van der Waals surface area contributed by atoms with E-state index in [4.69, 9.17) is 11.6 Å². The fourth-order valence-electron chi connectivity index (χ4n) is 1.92. The number of hydrogen-bond acceptors (Lipinski definition) is 3. The quantitative estimate of drug-likeness (QED) is 0.888. The average Bonchev–Trinajstić information content (AvgIpc) is 2.33. The highest BCUT2D eigenvalue weighted by Gasteiger charge is 2.24. The highest BCUT2D eigenvalue weighted by atomic mass is 35.5. The molecule has 1 aromatic rings. The van der Waals surface area contributed by atoms with Gasteiger partial charge in [0.2, 0.25) is 10.0 Å². The van der Waals surface area contributed by atoms with Gasteiger partial charge in [0, 0.05) is 17.6 Å². The van der Waals surface area contributed by atoms with Gasteiger partial charge in [0.05, 0.1) is 0 Å². The van der Waals surface area contributed by atoms with Crippen LogP contribution in [-0.4, -0.2) is 27.5 Å². The first-order valence-electron chi connectivity index (χ1n) is 5.67. The van der Waals surface area contributed by atoms with Crippen molar-refractivity contribution in [3.63, 3.8) is 0 Å². The van der Waals surface area contributed by atoms with Crippen molar-refractivity contribution >= 4 is 21.6 Å². The van der Waals surface area contributed by atoms with E-state index in [1.54, 1.807) is 0 Å². The molecule has 0 amide bonds. The highest BCUT2D eigenvalue weighted by Crippen LogP contribution is 2.20. The minimum atomic E-state index is -3.86. The van der Waals surface area contributed by atoms with Crippen molar-refractivity contribution < 1.29 is 12.8 Å². The molecule has 0 aliphatic carbocycles. The molecule has 2 rings (SSSR count). The second-order valence-corrected chi connectivity index (χ2v) is 6.36. The molecule has 4 nitrogen and oxygen atoms in total. The van der Waals surface area contributed by atoms with Crippen molar-refractivity contribution in [3.05, 3.63) is 29.0 Å². The Morgan fingerprint density at radius 1 is 1.44 bits per heavy atom. The van der Waals surface area contributed by atoms with E-state index in [1.165, 1.54) is 6.07 Å². The zero-order valence-corrected chi connectivity index (χ0v) is 11.2. The maximum Gasteiger partial charge on any atom is 0.243 e. The van der Waals surface area contributed by atoms with E-state index in [1.807, 2.05) is 0 Å². The molecule has 0 radical (unpaired) electrons. The Labute approximate surface area is 111 Å². The van der Waals surface area contributed by atoms with Gasteiger partial charge in [0.1, 0.15) is 10.7 Å². The molecule has 7 heteroatoms. The first kappa shape index (κ1) is 13.7. The molecule has 1 fully saturated rings. The lowest BCUT2D eigenvalue weighted by Gasteiger charge is -2.23. The number of hydrogen-bond donors (Lipinski definition) is 2. The Morgan fingerprint density at radius 2 is 2.22 bits per heavy atom. The topological polar surface area (TPSA) is 58.2 Å². The van der Waals surface area contributed by atoms with Crippen LogP contribution in [0.3, 0.4) is 0 Å². The minimum absolute atomic E-state index is 0.193. The van der Waals surface area contributed by atoms with Crippen molar-refractivity contribution in [1.82, 2.24) is 10.0 Å². The van der Waals surface area contributed by atoms with Gasteiger partial charge in [-0.2, -0.15) is 0 Å². The summed E-state index contributed by atoms with van der Waals surface area (Å²) in [5.74, 6) is -0.796. The van der Waals surface area contributed by atoms with Crippen LogP contribution in [0.15, 0.2) is 23.1 Å². The molecule has 100 valence electrons. The molecule has 0 aromatic heterocycles. The van der Waals surface area contributed by atoms with E-state index in [0.29, 0.717) is 6.54 Å². The summed E-state index contributed by atoms with van der Waals surface area (Å²) < 4.78 is 40.1. The maximum absolute atomic E-state index is 13.5. The van der Waals surface area contributed by atoms with Gasteiger partial charge >= 0.3 is 0 Å². The van der Waals surface area contributed by atoms with Gasteiger partial charge in [-0.15, -0.1) is 0 Å². The molecule has 0 saturated carbocycles. The first-order chi connectivity index (χ1) is 8.49. The van der Waals surface area contributed by atoms with Gasteiger partial charge in [0.15, 0.2) is 0 Å². The summed E-state index contributed by atoms with van der Waals surface area (Å²) in [7, 11) is -3.86. The van der Waals surface area contributed by atoms with Crippen LogP contribution in [0, 0.1) is 5.82 Å². The van der Waals surface area contributed by atoms with E-state index < -0.39 is 20.7 Å². The van der Waals surface area contributed by atoms with Crippen LogP contribution in [0.25, 0.3) is 0 Å². The number of rotatable bonds is 3. The van der Waals surface area contributed by atoms with Crippen molar-refractivity contribution in [1.29, 1.82) is 0 Å². The van der Waals surface area contributed by atoms with E-state index in [9.17, 15) is 12.8 Å². The van der Waals surface area contributed by atoms with Gasteiger partial charge in [-0.3, -0.25) is 0 Å². The lowest BCUT2D eigenvalue weighted by atomic mass is 10.1. The summed E-state index contributed by atoms with van der Waals surface area (Å²) >= 11 is 5.69. The highest BCUT2D eigenvalue weighted by molar-refractivity contribution is 7.89. The number of sulfonamides is 1. The zero-order valence-electron chi connectivity index (χ0n) is 9.62. The predicted octanol–water partition coefficient (Wildman–Crippen LogP) is 1.51. The first-order valence-corrected chi connectivity index (χ1v) is 7.53. The molecule has 18 heavy (non-hydrogen) atoms. The molecular weight excluding hydrogens is 279 g/mol. The maximum atomic E-state index is 13.5. The third kappa shape index (κ3) is 3.20. The average molecular weight is 293 g/mol. The number of benzene rings is 1. The summed E-state index contributed by atoms with van der Waals surface area (Å²) in [6.45, 7) is 1.44. The van der Waals surface area contributed by atoms with Crippen LogP contribution in [0.1, 0.15) is 12.8 Å². The Bertz CT molecular complexity index is 530. The summed E-state index contributed by atoms with van der Waals surface area (Å²) in [6, 6.07) is 3.28. The zero-order chi connectivity index (χ0) is 13.2. The molecule has 0 spiro atoms. The van der Waals surface area contributed by atoms with Crippen LogP contribution in [-0.2, 0) is 10.0 Å². The molecule has 1 atom stereocenters. The molecule has 1 aliphatic rings. The molecule has 1 aromatic carbocycles. The van der Waals surface area contributed by atoms with Crippen LogP contribution in [0.4, 0.5) is 4.39 Å². The molecule has 1 heterocycles. The smallest absolute Gasteiger partial charge is 0.243 e. The number of piperidine rings is 1. The van der Waals surface area contributed by atoms with Crippen molar-refractivity contribution in [2.45, 2.75) is 23.8 Å². The summed E-state index contributed by atoms with van der Waals surface area (Å²) in [5, 5.41) is 3.28. The van der Waals surface area contributed by atoms with E-state index >= 15 is 0 Å². The fourth-order valence-corrected chi connectivity index (χ4v) is 3.53. The monoisotopic (exact) mass is 292 g/mol. The van der Waals surface area contributed by atoms with Gasteiger partial charge < -0.3 is 5.32 Å². The molecule has 1 unspecified atom stereocenters. The largest absolute Gasteiger partial charge is 0.315 e. The SMILES string of the molecule is O=S(=O)(NC1CCCNC1)c1cc(Cl)ccc1F. The Balaban J connectivity index is 2.21. The normalized spacial score (nSPS) is 20.9. The van der Waals surface area contributed by atoms with Crippen LogP contribution in [0.2, 0.25) is 5.02 Å². The predicted molar refractivity (Wildman–Crippen MR) is 67.6 cm³/mol. The van der Waals surface area contributed by atoms with Gasteiger partial charge in [-0.05, 0) is 37.6 Å². The minimum Gasteiger partial charge on any atom is -0.315 e. The van der Waals surface area contributed by atoms with Crippen LogP contribution >= 0.6 is 11.6 Å². The van der Waals surface area contributed by atoms with Crippen LogP contribution in [0.5, 0.6) is 0 Å². The van der Waals surface area contributed by atoms with E-state index in [-0.39, 0.29) is 11.1 Å². The van der Waals surface area contributed by atoms with E-state index in [0.717, 1.165) is 31.5 Å². The Morgan fingerprint density at radius 3 is 2.89 bits per heavy atom. The molecule has 2 N–H and O–H groups in total. The van der Waals surface area contributed by atoms with Gasteiger partial charge in [0.25, 0.3) is 0 Å². The van der Waals surface area contributed by atoms with Gasteiger partial charge in [-0.1, -0.05) is 11.6 Å². The second-order valence-electron chi connectivity index (χ2n) is 4.24. The summed E-state index contributed by atoms with van der Waals surface area (Å²) in [6.07, 6.45) is 1.64. The van der Waals surface area contributed by atoms with Crippen LogP contribution < -0.4 is 10.0 Å².